The molecule has 4 nitrogen and oxygen atoms in total. The number of nitrogens with zero attached hydrogens (tertiary/aromatic N) is 1. The molecule has 0 aliphatic heterocycles. The maximum absolute atomic E-state index is 5.21. The van der Waals surface area contributed by atoms with E-state index in [1.54, 1.807) is 14.2 Å². The molecule has 0 bridgehead atoms. The van der Waals surface area contributed by atoms with Crippen molar-refractivity contribution in [3.8, 4) is 0 Å². The molecule has 0 aromatic carbocycles. The van der Waals surface area contributed by atoms with Crippen LogP contribution in [0.15, 0.2) is 0 Å². The molecule has 1 fully saturated rings. The van der Waals surface area contributed by atoms with Crippen LogP contribution in [0.2, 0.25) is 0 Å². The first-order valence-electron chi connectivity index (χ1n) is 7.73. The van der Waals surface area contributed by atoms with Crippen LogP contribution >= 0.6 is 0 Å². The summed E-state index contributed by atoms with van der Waals surface area (Å²) < 4.78 is 10.3. The van der Waals surface area contributed by atoms with Gasteiger partial charge in [-0.3, -0.25) is 4.90 Å². The molecule has 114 valence electrons. The molecule has 0 amide bonds. The second kappa shape index (κ2) is 10.6. The molecular formula is C15H32N2O2. The van der Waals surface area contributed by atoms with Gasteiger partial charge in [-0.2, -0.15) is 0 Å². The van der Waals surface area contributed by atoms with Crippen LogP contribution in [-0.2, 0) is 9.47 Å². The summed E-state index contributed by atoms with van der Waals surface area (Å²) in [5.74, 6) is 0. The fraction of sp³-hybridized carbons (Fsp3) is 1.00. The van der Waals surface area contributed by atoms with Crippen LogP contribution in [0.4, 0.5) is 0 Å². The average molecular weight is 272 g/mol. The SMILES string of the molecule is COCCCN(CCOC)C(C)CCCNC1CC1. The van der Waals surface area contributed by atoms with Gasteiger partial charge in [0.25, 0.3) is 0 Å². The molecular weight excluding hydrogens is 240 g/mol. The molecule has 0 spiro atoms. The van der Waals surface area contributed by atoms with Crippen molar-refractivity contribution in [1.82, 2.24) is 10.2 Å². The van der Waals surface area contributed by atoms with Crippen LogP contribution < -0.4 is 5.32 Å². The summed E-state index contributed by atoms with van der Waals surface area (Å²) in [5.41, 5.74) is 0. The first-order valence-corrected chi connectivity index (χ1v) is 7.73. The Morgan fingerprint density at radius 1 is 1.11 bits per heavy atom. The lowest BCUT2D eigenvalue weighted by Gasteiger charge is -2.29. The summed E-state index contributed by atoms with van der Waals surface area (Å²) >= 11 is 0. The third-order valence-corrected chi connectivity index (χ3v) is 3.81. The zero-order valence-electron chi connectivity index (χ0n) is 13.0. The normalized spacial score (nSPS) is 17.1. The van der Waals surface area contributed by atoms with Gasteiger partial charge >= 0.3 is 0 Å². The van der Waals surface area contributed by atoms with Crippen molar-refractivity contribution in [1.29, 1.82) is 0 Å². The molecule has 1 aliphatic rings. The van der Waals surface area contributed by atoms with E-state index >= 15 is 0 Å². The van der Waals surface area contributed by atoms with Crippen LogP contribution in [0, 0.1) is 0 Å². The minimum Gasteiger partial charge on any atom is -0.385 e. The molecule has 0 heterocycles. The maximum atomic E-state index is 5.21. The van der Waals surface area contributed by atoms with Gasteiger partial charge in [0.15, 0.2) is 0 Å². The van der Waals surface area contributed by atoms with E-state index in [1.807, 2.05) is 0 Å². The Bertz CT molecular complexity index is 210. The molecule has 1 atom stereocenters. The zero-order valence-corrected chi connectivity index (χ0v) is 13.0. The Balaban J connectivity index is 2.12. The Labute approximate surface area is 118 Å². The quantitative estimate of drug-likeness (QED) is 0.519. The lowest BCUT2D eigenvalue weighted by Crippen LogP contribution is -2.37. The van der Waals surface area contributed by atoms with Gasteiger partial charge in [0.05, 0.1) is 6.61 Å². The van der Waals surface area contributed by atoms with E-state index in [1.165, 1.54) is 32.2 Å². The highest BCUT2D eigenvalue weighted by Crippen LogP contribution is 2.18. The fourth-order valence-corrected chi connectivity index (χ4v) is 2.35. The van der Waals surface area contributed by atoms with Crippen LogP contribution in [0.5, 0.6) is 0 Å². The van der Waals surface area contributed by atoms with E-state index < -0.39 is 0 Å². The minimum absolute atomic E-state index is 0.632. The van der Waals surface area contributed by atoms with E-state index in [4.69, 9.17) is 9.47 Å². The molecule has 1 N–H and O–H groups in total. The highest BCUT2D eigenvalue weighted by molar-refractivity contribution is 4.80. The van der Waals surface area contributed by atoms with Crippen LogP contribution in [-0.4, -0.2) is 64.1 Å². The lowest BCUT2D eigenvalue weighted by atomic mass is 10.1. The van der Waals surface area contributed by atoms with Crippen molar-refractivity contribution in [3.05, 3.63) is 0 Å². The first kappa shape index (κ1) is 16.9. The van der Waals surface area contributed by atoms with E-state index in [0.29, 0.717) is 6.04 Å². The number of rotatable bonds is 13. The number of hydrogen-bond donors (Lipinski definition) is 1. The van der Waals surface area contributed by atoms with Gasteiger partial charge in [0.2, 0.25) is 0 Å². The van der Waals surface area contributed by atoms with Gasteiger partial charge in [-0.15, -0.1) is 0 Å². The second-order valence-electron chi connectivity index (χ2n) is 5.59. The third kappa shape index (κ3) is 8.58. The molecule has 0 saturated heterocycles. The molecule has 0 radical (unpaired) electrons. The number of methoxy groups -OCH3 is 2. The predicted octanol–water partition coefficient (Wildman–Crippen LogP) is 1.89. The van der Waals surface area contributed by atoms with Crippen molar-refractivity contribution in [3.63, 3.8) is 0 Å². The van der Waals surface area contributed by atoms with Gasteiger partial charge in [-0.1, -0.05) is 0 Å². The number of nitrogens with one attached hydrogen (secondary N) is 1. The average Bonchev–Trinajstić information content (AvgIpc) is 3.22. The van der Waals surface area contributed by atoms with Gasteiger partial charge in [-0.25, -0.2) is 0 Å². The van der Waals surface area contributed by atoms with Crippen molar-refractivity contribution < 1.29 is 9.47 Å². The summed E-state index contributed by atoms with van der Waals surface area (Å²) in [6, 6.07) is 1.47. The highest BCUT2D eigenvalue weighted by atomic mass is 16.5. The molecule has 0 aromatic heterocycles. The largest absolute Gasteiger partial charge is 0.385 e. The maximum Gasteiger partial charge on any atom is 0.0589 e. The number of ether oxygens (including phenoxy) is 2. The Kier molecular flexibility index (Phi) is 9.43. The van der Waals surface area contributed by atoms with Gasteiger partial charge < -0.3 is 14.8 Å². The molecule has 1 rings (SSSR count). The highest BCUT2D eigenvalue weighted by Gasteiger charge is 2.20. The smallest absolute Gasteiger partial charge is 0.0589 e. The molecule has 1 saturated carbocycles. The zero-order chi connectivity index (χ0) is 13.9. The van der Waals surface area contributed by atoms with Crippen molar-refractivity contribution in [2.75, 3.05) is 47.1 Å². The van der Waals surface area contributed by atoms with Gasteiger partial charge in [0, 0.05) is 46.0 Å². The van der Waals surface area contributed by atoms with Crippen molar-refractivity contribution >= 4 is 0 Å². The summed E-state index contributed by atoms with van der Waals surface area (Å²) in [5, 5.41) is 3.58. The van der Waals surface area contributed by atoms with Crippen LogP contribution in [0.3, 0.4) is 0 Å². The van der Waals surface area contributed by atoms with Gasteiger partial charge in [0.1, 0.15) is 0 Å². The van der Waals surface area contributed by atoms with E-state index in [2.05, 4.69) is 17.1 Å². The van der Waals surface area contributed by atoms with Crippen molar-refractivity contribution in [2.45, 2.75) is 51.1 Å². The summed E-state index contributed by atoms with van der Waals surface area (Å²) in [6.07, 6.45) is 6.39. The Morgan fingerprint density at radius 2 is 1.84 bits per heavy atom. The third-order valence-electron chi connectivity index (χ3n) is 3.81. The summed E-state index contributed by atoms with van der Waals surface area (Å²) in [6.45, 7) is 7.30. The minimum atomic E-state index is 0.632. The van der Waals surface area contributed by atoms with Crippen molar-refractivity contribution in [2.24, 2.45) is 0 Å². The molecule has 1 aliphatic carbocycles. The Hall–Kier alpha value is -0.160. The topological polar surface area (TPSA) is 33.7 Å². The summed E-state index contributed by atoms with van der Waals surface area (Å²) in [7, 11) is 3.55. The predicted molar refractivity (Wildman–Crippen MR) is 79.7 cm³/mol. The molecule has 4 heteroatoms. The number of hydrogen-bond acceptors (Lipinski definition) is 4. The standard InChI is InChI=1S/C15H32N2O2/c1-14(6-4-9-16-15-7-8-15)17(11-13-19-3)10-5-12-18-2/h14-16H,4-13H2,1-3H3. The first-order chi connectivity index (χ1) is 9.27. The monoisotopic (exact) mass is 272 g/mol. The van der Waals surface area contributed by atoms with Crippen LogP contribution in [0.25, 0.3) is 0 Å². The molecule has 0 aromatic rings. The Morgan fingerprint density at radius 3 is 2.47 bits per heavy atom. The van der Waals surface area contributed by atoms with E-state index in [-0.39, 0.29) is 0 Å². The second-order valence-corrected chi connectivity index (χ2v) is 5.59. The summed E-state index contributed by atoms with van der Waals surface area (Å²) in [4.78, 5) is 2.53. The van der Waals surface area contributed by atoms with Crippen LogP contribution in [0.1, 0.15) is 39.0 Å². The van der Waals surface area contributed by atoms with Gasteiger partial charge in [-0.05, 0) is 45.6 Å². The fourth-order valence-electron chi connectivity index (χ4n) is 2.35. The molecule has 19 heavy (non-hydrogen) atoms. The molecule has 1 unspecified atom stereocenters. The van der Waals surface area contributed by atoms with E-state index in [0.717, 1.165) is 38.8 Å². The lowest BCUT2D eigenvalue weighted by molar-refractivity contribution is 0.107. The van der Waals surface area contributed by atoms with E-state index in [9.17, 15) is 0 Å².